The van der Waals surface area contributed by atoms with E-state index in [1.165, 1.54) is 0 Å². The molecule has 1 aliphatic rings. The number of nitrogens with zero attached hydrogens (tertiary/aromatic N) is 3. The van der Waals surface area contributed by atoms with Crippen LogP contribution in [0, 0.1) is 0 Å². The molecule has 0 saturated carbocycles. The monoisotopic (exact) mass is 301 g/mol. The maximum atomic E-state index is 12.4. The number of carbonyl (C=O) groups excluding carboxylic acids is 1. The number of carbonyl (C=O) groups is 1. The van der Waals surface area contributed by atoms with E-state index in [2.05, 4.69) is 30.9 Å². The van der Waals surface area contributed by atoms with Gasteiger partial charge in [0.25, 0.3) is 5.91 Å². The first kappa shape index (κ1) is 13.5. The summed E-state index contributed by atoms with van der Waals surface area (Å²) < 4.78 is 37.1. The standard InChI is InChI=1S/C10H10F3N7O/c11-10(12,13)8-16-9(20-19-8)15-7(21)6-4-3-14-2-1-5(4)17-18-6/h14H,1-3H2,(H,17,18)(H2,15,16,19,20,21). The second-order valence-electron chi connectivity index (χ2n) is 4.42. The number of nitrogens with one attached hydrogen (secondary N) is 4. The average Bonchev–Trinajstić information content (AvgIpc) is 3.03. The van der Waals surface area contributed by atoms with Crippen LogP contribution in [0.15, 0.2) is 0 Å². The smallest absolute Gasteiger partial charge is 0.312 e. The topological polar surface area (TPSA) is 111 Å². The maximum Gasteiger partial charge on any atom is 0.451 e. The van der Waals surface area contributed by atoms with Gasteiger partial charge < -0.3 is 5.32 Å². The Kier molecular flexibility index (Phi) is 3.12. The van der Waals surface area contributed by atoms with Crippen molar-refractivity contribution in [3.8, 4) is 0 Å². The van der Waals surface area contributed by atoms with Crippen LogP contribution in [-0.4, -0.2) is 37.8 Å². The van der Waals surface area contributed by atoms with Gasteiger partial charge in [-0.05, 0) is 0 Å². The Labute approximate surface area is 115 Å². The first-order valence-electron chi connectivity index (χ1n) is 6.03. The number of alkyl halides is 3. The molecule has 3 rings (SSSR count). The van der Waals surface area contributed by atoms with Crippen molar-refractivity contribution >= 4 is 11.9 Å². The van der Waals surface area contributed by atoms with E-state index >= 15 is 0 Å². The van der Waals surface area contributed by atoms with Gasteiger partial charge in [0, 0.05) is 30.8 Å². The molecule has 4 N–H and O–H groups in total. The van der Waals surface area contributed by atoms with Crippen LogP contribution in [0.4, 0.5) is 19.1 Å². The highest BCUT2D eigenvalue weighted by atomic mass is 19.4. The van der Waals surface area contributed by atoms with Crippen LogP contribution in [0.5, 0.6) is 0 Å². The number of anilines is 1. The Bertz CT molecular complexity index is 674. The lowest BCUT2D eigenvalue weighted by Gasteiger charge is -2.12. The predicted molar refractivity (Wildman–Crippen MR) is 63.3 cm³/mol. The molecular weight excluding hydrogens is 291 g/mol. The van der Waals surface area contributed by atoms with E-state index in [1.54, 1.807) is 5.10 Å². The van der Waals surface area contributed by atoms with Gasteiger partial charge in [-0.15, -0.1) is 5.10 Å². The predicted octanol–water partition coefficient (Wildman–Crippen LogP) is 0.445. The molecule has 0 fully saturated rings. The summed E-state index contributed by atoms with van der Waals surface area (Å²) in [6, 6.07) is 0. The van der Waals surface area contributed by atoms with Crippen LogP contribution in [0.25, 0.3) is 0 Å². The molecule has 0 atom stereocenters. The van der Waals surface area contributed by atoms with Gasteiger partial charge in [0.2, 0.25) is 11.8 Å². The molecule has 0 aromatic carbocycles. The summed E-state index contributed by atoms with van der Waals surface area (Å²) in [6.45, 7) is 1.24. The highest BCUT2D eigenvalue weighted by molar-refractivity contribution is 6.03. The van der Waals surface area contributed by atoms with Crippen LogP contribution in [0.2, 0.25) is 0 Å². The van der Waals surface area contributed by atoms with Crippen LogP contribution in [0.1, 0.15) is 27.6 Å². The molecule has 0 aliphatic carbocycles. The number of amides is 1. The molecule has 21 heavy (non-hydrogen) atoms. The Morgan fingerprint density at radius 2 is 2.05 bits per heavy atom. The molecule has 2 aromatic heterocycles. The number of H-pyrrole nitrogens is 2. The lowest BCUT2D eigenvalue weighted by molar-refractivity contribution is -0.144. The van der Waals surface area contributed by atoms with E-state index in [1.807, 2.05) is 0 Å². The number of hydrogen-bond acceptors (Lipinski definition) is 5. The first-order chi connectivity index (χ1) is 9.95. The summed E-state index contributed by atoms with van der Waals surface area (Å²) in [5.41, 5.74) is 1.66. The highest BCUT2D eigenvalue weighted by Gasteiger charge is 2.35. The molecule has 0 saturated heterocycles. The molecule has 112 valence electrons. The van der Waals surface area contributed by atoms with Gasteiger partial charge in [0.05, 0.1) is 0 Å². The molecule has 0 bridgehead atoms. The summed E-state index contributed by atoms with van der Waals surface area (Å²) >= 11 is 0. The number of aromatic amines is 2. The van der Waals surface area contributed by atoms with Gasteiger partial charge in [-0.1, -0.05) is 0 Å². The molecular formula is C10H10F3N7O. The molecule has 0 radical (unpaired) electrons. The highest BCUT2D eigenvalue weighted by Crippen LogP contribution is 2.26. The fourth-order valence-electron chi connectivity index (χ4n) is 2.02. The summed E-state index contributed by atoms with van der Waals surface area (Å²) in [5.74, 6) is -2.39. The average molecular weight is 301 g/mol. The molecule has 8 nitrogen and oxygen atoms in total. The number of halogens is 3. The molecule has 3 heterocycles. The normalized spacial score (nSPS) is 14.8. The number of hydrogen-bond donors (Lipinski definition) is 4. The summed E-state index contributed by atoms with van der Waals surface area (Å²) in [4.78, 5) is 15.2. The van der Waals surface area contributed by atoms with Gasteiger partial charge >= 0.3 is 6.18 Å². The van der Waals surface area contributed by atoms with E-state index in [0.717, 1.165) is 12.2 Å². The van der Waals surface area contributed by atoms with Gasteiger partial charge in [0.1, 0.15) is 0 Å². The van der Waals surface area contributed by atoms with Crippen LogP contribution in [-0.2, 0) is 19.1 Å². The van der Waals surface area contributed by atoms with E-state index in [9.17, 15) is 18.0 Å². The fraction of sp³-hybridized carbons (Fsp3) is 0.400. The van der Waals surface area contributed by atoms with Crippen molar-refractivity contribution in [3.63, 3.8) is 0 Å². The van der Waals surface area contributed by atoms with Gasteiger partial charge in [-0.25, -0.2) is 0 Å². The van der Waals surface area contributed by atoms with Gasteiger partial charge in [0.15, 0.2) is 5.69 Å². The molecule has 11 heteroatoms. The SMILES string of the molecule is O=C(Nc1n[nH]c(C(F)(F)F)n1)c1n[nH]c2c1CNCC2. The van der Waals surface area contributed by atoms with E-state index in [4.69, 9.17) is 0 Å². The first-order valence-corrected chi connectivity index (χ1v) is 6.03. The van der Waals surface area contributed by atoms with E-state index in [0.29, 0.717) is 18.5 Å². The minimum atomic E-state index is -4.65. The molecule has 0 unspecified atom stereocenters. The van der Waals surface area contributed by atoms with Crippen LogP contribution in [0.3, 0.4) is 0 Å². The van der Waals surface area contributed by atoms with Crippen molar-refractivity contribution in [1.29, 1.82) is 0 Å². The zero-order valence-electron chi connectivity index (χ0n) is 10.5. The third kappa shape index (κ3) is 2.59. The van der Waals surface area contributed by atoms with Crippen molar-refractivity contribution in [3.05, 3.63) is 22.8 Å². The number of rotatable bonds is 2. The van der Waals surface area contributed by atoms with Crippen LogP contribution >= 0.6 is 0 Å². The third-order valence-corrected chi connectivity index (χ3v) is 3.00. The maximum absolute atomic E-state index is 12.4. The Morgan fingerprint density at radius 1 is 1.24 bits per heavy atom. The minimum Gasteiger partial charge on any atom is -0.312 e. The second-order valence-corrected chi connectivity index (χ2v) is 4.42. The van der Waals surface area contributed by atoms with E-state index < -0.39 is 23.9 Å². The van der Waals surface area contributed by atoms with E-state index in [-0.39, 0.29) is 5.69 Å². The summed E-state index contributed by atoms with van der Waals surface area (Å²) in [7, 11) is 0. The largest absolute Gasteiger partial charge is 0.451 e. The Balaban J connectivity index is 1.78. The van der Waals surface area contributed by atoms with Crippen molar-refractivity contribution in [2.45, 2.75) is 19.1 Å². The number of aromatic nitrogens is 5. The Morgan fingerprint density at radius 3 is 2.76 bits per heavy atom. The summed E-state index contributed by atoms with van der Waals surface area (Å²) in [5, 5.41) is 16.9. The Hall–Kier alpha value is -2.43. The molecule has 1 aliphatic heterocycles. The fourth-order valence-corrected chi connectivity index (χ4v) is 2.02. The van der Waals surface area contributed by atoms with Crippen molar-refractivity contribution in [1.82, 2.24) is 30.7 Å². The van der Waals surface area contributed by atoms with Crippen molar-refractivity contribution in [2.24, 2.45) is 0 Å². The molecule has 0 spiro atoms. The third-order valence-electron chi connectivity index (χ3n) is 3.00. The lowest BCUT2D eigenvalue weighted by Crippen LogP contribution is -2.25. The lowest BCUT2D eigenvalue weighted by atomic mass is 10.1. The van der Waals surface area contributed by atoms with Gasteiger partial charge in [-0.2, -0.15) is 23.3 Å². The molecule has 2 aromatic rings. The quantitative estimate of drug-likeness (QED) is 0.643. The van der Waals surface area contributed by atoms with Gasteiger partial charge in [-0.3, -0.25) is 20.3 Å². The number of fused-ring (bicyclic) bond motifs is 1. The minimum absolute atomic E-state index is 0.121. The summed E-state index contributed by atoms with van der Waals surface area (Å²) in [6.07, 6.45) is -3.94. The molecule has 1 amide bonds. The van der Waals surface area contributed by atoms with Crippen molar-refractivity contribution in [2.75, 3.05) is 11.9 Å². The second kappa shape index (κ2) is 4.84. The zero-order valence-corrected chi connectivity index (χ0v) is 10.5. The van der Waals surface area contributed by atoms with Crippen LogP contribution < -0.4 is 10.6 Å². The van der Waals surface area contributed by atoms with Crippen molar-refractivity contribution < 1.29 is 18.0 Å². The zero-order chi connectivity index (χ0) is 15.0.